The second kappa shape index (κ2) is 6.16. The average molecular weight is 331 g/mol. The van der Waals surface area contributed by atoms with Crippen molar-refractivity contribution in [3.8, 4) is 0 Å². The van der Waals surface area contributed by atoms with E-state index in [0.29, 0.717) is 26.2 Å². The highest BCUT2D eigenvalue weighted by atomic mass is 19.4. The van der Waals surface area contributed by atoms with Crippen molar-refractivity contribution >= 4 is 5.91 Å². The SMILES string of the molecule is Cn1cccc1C1COCCN1C1CCN(CC(F)(F)F)C1=O. The van der Waals surface area contributed by atoms with E-state index >= 15 is 0 Å². The number of hydrogen-bond donors (Lipinski definition) is 0. The maximum Gasteiger partial charge on any atom is 0.406 e. The molecule has 2 aliphatic heterocycles. The van der Waals surface area contributed by atoms with Gasteiger partial charge in [0.1, 0.15) is 6.54 Å². The molecule has 0 saturated carbocycles. The Labute approximate surface area is 132 Å². The molecule has 0 bridgehead atoms. The van der Waals surface area contributed by atoms with Gasteiger partial charge in [-0.05, 0) is 18.6 Å². The zero-order chi connectivity index (χ0) is 16.6. The highest BCUT2D eigenvalue weighted by Gasteiger charge is 2.44. The molecule has 2 atom stereocenters. The predicted octanol–water partition coefficient (Wildman–Crippen LogP) is 1.56. The number of nitrogens with zero attached hydrogens (tertiary/aromatic N) is 3. The minimum absolute atomic E-state index is 0.108. The summed E-state index contributed by atoms with van der Waals surface area (Å²) in [6.45, 7) is 0.471. The molecule has 1 aromatic heterocycles. The van der Waals surface area contributed by atoms with Crippen LogP contribution >= 0.6 is 0 Å². The van der Waals surface area contributed by atoms with Crippen LogP contribution in [0.1, 0.15) is 18.2 Å². The molecule has 0 N–H and O–H groups in total. The molecular formula is C15H20F3N3O2. The van der Waals surface area contributed by atoms with Crippen LogP contribution in [-0.2, 0) is 16.6 Å². The average Bonchev–Trinajstić information content (AvgIpc) is 3.05. The third-order valence-corrected chi connectivity index (χ3v) is 4.53. The van der Waals surface area contributed by atoms with Crippen molar-refractivity contribution in [2.24, 2.45) is 7.05 Å². The summed E-state index contributed by atoms with van der Waals surface area (Å²) < 4.78 is 45.2. The van der Waals surface area contributed by atoms with Crippen molar-refractivity contribution in [3.63, 3.8) is 0 Å². The van der Waals surface area contributed by atoms with Gasteiger partial charge in [-0.3, -0.25) is 9.69 Å². The fraction of sp³-hybridized carbons (Fsp3) is 0.667. The van der Waals surface area contributed by atoms with Gasteiger partial charge in [-0.2, -0.15) is 13.2 Å². The number of hydrogen-bond acceptors (Lipinski definition) is 3. The van der Waals surface area contributed by atoms with Gasteiger partial charge in [0.05, 0.1) is 25.3 Å². The summed E-state index contributed by atoms with van der Waals surface area (Å²) in [7, 11) is 1.91. The number of likely N-dealkylation sites (tertiary alicyclic amines) is 1. The van der Waals surface area contributed by atoms with E-state index < -0.39 is 24.7 Å². The Morgan fingerprint density at radius 2 is 2.09 bits per heavy atom. The molecule has 23 heavy (non-hydrogen) atoms. The van der Waals surface area contributed by atoms with Crippen LogP contribution in [0.4, 0.5) is 13.2 Å². The molecular weight excluding hydrogens is 311 g/mol. The van der Waals surface area contributed by atoms with Crippen molar-refractivity contribution in [1.29, 1.82) is 0 Å². The third-order valence-electron chi connectivity index (χ3n) is 4.53. The molecule has 0 aliphatic carbocycles. The lowest BCUT2D eigenvalue weighted by molar-refractivity contribution is -0.160. The number of rotatable bonds is 3. The van der Waals surface area contributed by atoms with E-state index in [9.17, 15) is 18.0 Å². The Bertz CT molecular complexity index is 573. The van der Waals surface area contributed by atoms with E-state index in [0.717, 1.165) is 10.6 Å². The number of amides is 1. The summed E-state index contributed by atoms with van der Waals surface area (Å²) >= 11 is 0. The van der Waals surface area contributed by atoms with Gasteiger partial charge in [-0.25, -0.2) is 0 Å². The van der Waals surface area contributed by atoms with E-state index in [1.807, 2.05) is 34.8 Å². The van der Waals surface area contributed by atoms with Gasteiger partial charge in [0, 0.05) is 32.0 Å². The number of alkyl halides is 3. The molecule has 1 amide bonds. The van der Waals surface area contributed by atoms with Crippen molar-refractivity contribution < 1.29 is 22.7 Å². The molecule has 0 spiro atoms. The smallest absolute Gasteiger partial charge is 0.378 e. The van der Waals surface area contributed by atoms with Crippen LogP contribution in [0.3, 0.4) is 0 Å². The van der Waals surface area contributed by atoms with E-state index in [-0.39, 0.29) is 12.6 Å². The Kier molecular flexibility index (Phi) is 4.37. The number of morpholine rings is 1. The van der Waals surface area contributed by atoms with Crippen LogP contribution in [0, 0.1) is 0 Å². The number of aryl methyl sites for hydroxylation is 1. The molecule has 2 aliphatic rings. The maximum absolute atomic E-state index is 12.6. The van der Waals surface area contributed by atoms with Gasteiger partial charge < -0.3 is 14.2 Å². The first kappa shape index (κ1) is 16.3. The van der Waals surface area contributed by atoms with Gasteiger partial charge in [0.2, 0.25) is 5.91 Å². The van der Waals surface area contributed by atoms with Crippen molar-refractivity contribution in [3.05, 3.63) is 24.0 Å². The second-order valence-electron chi connectivity index (χ2n) is 6.05. The first-order valence-electron chi connectivity index (χ1n) is 7.67. The summed E-state index contributed by atoms with van der Waals surface area (Å²) in [6.07, 6.45) is -2.02. The Morgan fingerprint density at radius 3 is 2.74 bits per heavy atom. The molecule has 0 radical (unpaired) electrons. The highest BCUT2D eigenvalue weighted by Crippen LogP contribution is 2.31. The maximum atomic E-state index is 12.6. The summed E-state index contributed by atoms with van der Waals surface area (Å²) in [5.41, 5.74) is 1.01. The summed E-state index contributed by atoms with van der Waals surface area (Å²) in [6, 6.07) is 3.26. The first-order valence-corrected chi connectivity index (χ1v) is 7.67. The molecule has 1 aromatic rings. The van der Waals surface area contributed by atoms with Crippen LogP contribution in [-0.4, -0.2) is 65.3 Å². The van der Waals surface area contributed by atoms with Crippen LogP contribution in [0.25, 0.3) is 0 Å². The molecule has 3 rings (SSSR count). The minimum atomic E-state index is -4.35. The molecule has 3 heterocycles. The predicted molar refractivity (Wildman–Crippen MR) is 76.7 cm³/mol. The summed E-state index contributed by atoms with van der Waals surface area (Å²) in [4.78, 5) is 15.3. The number of carbonyl (C=O) groups is 1. The van der Waals surface area contributed by atoms with Crippen molar-refractivity contribution in [2.75, 3.05) is 32.8 Å². The van der Waals surface area contributed by atoms with E-state index in [2.05, 4.69) is 0 Å². The number of halogens is 3. The quantitative estimate of drug-likeness (QED) is 0.844. The van der Waals surface area contributed by atoms with Crippen LogP contribution in [0.2, 0.25) is 0 Å². The lowest BCUT2D eigenvalue weighted by Gasteiger charge is -2.39. The van der Waals surface area contributed by atoms with Gasteiger partial charge in [-0.1, -0.05) is 0 Å². The van der Waals surface area contributed by atoms with E-state index in [4.69, 9.17) is 4.74 Å². The molecule has 5 nitrogen and oxygen atoms in total. The Morgan fingerprint density at radius 1 is 1.30 bits per heavy atom. The molecule has 2 saturated heterocycles. The van der Waals surface area contributed by atoms with Gasteiger partial charge in [0.25, 0.3) is 0 Å². The molecule has 0 aromatic carbocycles. The first-order chi connectivity index (χ1) is 10.9. The fourth-order valence-corrected chi connectivity index (χ4v) is 3.47. The zero-order valence-electron chi connectivity index (χ0n) is 12.9. The van der Waals surface area contributed by atoms with Gasteiger partial charge in [-0.15, -0.1) is 0 Å². The standard InChI is InChI=1S/C15H20F3N3O2/c1-19-5-2-3-11(19)13-9-23-8-7-21(13)12-4-6-20(14(12)22)10-15(16,17)18/h2-3,5,12-13H,4,6-10H2,1H3. The van der Waals surface area contributed by atoms with Crippen LogP contribution in [0.5, 0.6) is 0 Å². The molecule has 2 unspecified atom stereocenters. The normalized spacial score (nSPS) is 27.0. The monoisotopic (exact) mass is 331 g/mol. The topological polar surface area (TPSA) is 37.7 Å². The molecule has 8 heteroatoms. The number of carbonyl (C=O) groups excluding carboxylic acids is 1. The Balaban J connectivity index is 1.77. The van der Waals surface area contributed by atoms with Gasteiger partial charge in [0.15, 0.2) is 0 Å². The highest BCUT2D eigenvalue weighted by molar-refractivity contribution is 5.84. The summed E-state index contributed by atoms with van der Waals surface area (Å²) in [5.74, 6) is -0.427. The lowest BCUT2D eigenvalue weighted by Crippen LogP contribution is -2.50. The summed E-state index contributed by atoms with van der Waals surface area (Å²) in [5, 5.41) is 0. The van der Waals surface area contributed by atoms with Crippen LogP contribution < -0.4 is 0 Å². The van der Waals surface area contributed by atoms with Crippen molar-refractivity contribution in [2.45, 2.75) is 24.7 Å². The second-order valence-corrected chi connectivity index (χ2v) is 6.05. The lowest BCUT2D eigenvalue weighted by atomic mass is 10.1. The number of aromatic nitrogens is 1. The zero-order valence-corrected chi connectivity index (χ0v) is 12.9. The van der Waals surface area contributed by atoms with Crippen molar-refractivity contribution in [1.82, 2.24) is 14.4 Å². The fourth-order valence-electron chi connectivity index (χ4n) is 3.47. The molecule has 128 valence electrons. The van der Waals surface area contributed by atoms with E-state index in [1.54, 1.807) is 0 Å². The van der Waals surface area contributed by atoms with Gasteiger partial charge >= 0.3 is 6.18 Å². The molecule has 2 fully saturated rings. The number of ether oxygens (including phenoxy) is 1. The third kappa shape index (κ3) is 3.37. The van der Waals surface area contributed by atoms with Crippen LogP contribution in [0.15, 0.2) is 18.3 Å². The minimum Gasteiger partial charge on any atom is -0.378 e. The van der Waals surface area contributed by atoms with E-state index in [1.165, 1.54) is 0 Å². The Hall–Kier alpha value is -1.54. The largest absolute Gasteiger partial charge is 0.406 e.